The predicted octanol–water partition coefficient (Wildman–Crippen LogP) is 2.19. The number of nitrogens with zero attached hydrogens (tertiary/aromatic N) is 1. The molecule has 0 atom stereocenters. The van der Waals surface area contributed by atoms with Crippen molar-refractivity contribution in [3.05, 3.63) is 35.4 Å². The van der Waals surface area contributed by atoms with Gasteiger partial charge in [-0.05, 0) is 25.8 Å². The van der Waals surface area contributed by atoms with Crippen molar-refractivity contribution in [3.8, 4) is 0 Å². The topological polar surface area (TPSA) is 31.2 Å². The molecule has 0 unspecified atom stereocenters. The molecule has 1 aromatic rings. The molecule has 1 aromatic carbocycles. The quantitative estimate of drug-likeness (QED) is 0.676. The van der Waals surface area contributed by atoms with Crippen molar-refractivity contribution in [3.63, 3.8) is 0 Å². The van der Waals surface area contributed by atoms with E-state index in [2.05, 4.69) is 5.32 Å². The summed E-state index contributed by atoms with van der Waals surface area (Å²) in [5, 5.41) is 4.27. The highest BCUT2D eigenvalue weighted by molar-refractivity contribution is 5.98. The van der Waals surface area contributed by atoms with Crippen molar-refractivity contribution in [2.75, 3.05) is 13.1 Å². The highest BCUT2D eigenvalue weighted by Gasteiger charge is 2.22. The minimum atomic E-state index is 0.198. The van der Waals surface area contributed by atoms with Gasteiger partial charge in [0.05, 0.1) is 0 Å². The third-order valence-corrected chi connectivity index (χ3v) is 2.94. The average molecular weight is 202 g/mol. The lowest BCUT2D eigenvalue weighted by molar-refractivity contribution is 0.0894. The second-order valence-electron chi connectivity index (χ2n) is 4.18. The number of ketones is 1. The van der Waals surface area contributed by atoms with E-state index in [0.29, 0.717) is 5.78 Å². The van der Waals surface area contributed by atoms with Crippen molar-refractivity contribution in [2.45, 2.75) is 19.8 Å². The van der Waals surface area contributed by atoms with Gasteiger partial charge in [-0.25, -0.2) is 5.32 Å². The number of Topliss-reactive ketones (excluding diaryl/α,β-unsaturated/α-hetero) is 1. The maximum atomic E-state index is 12.1. The highest BCUT2D eigenvalue weighted by Crippen LogP contribution is 2.19. The zero-order valence-corrected chi connectivity index (χ0v) is 9.07. The number of hydrogen-bond donors (Lipinski definition) is 0. The first-order chi connectivity index (χ1) is 7.27. The molecule has 79 valence electrons. The molecule has 1 aliphatic heterocycles. The summed E-state index contributed by atoms with van der Waals surface area (Å²) in [5.74, 6) is 0.498. The Kier molecular flexibility index (Phi) is 3.17. The molecule has 15 heavy (non-hydrogen) atoms. The molecular weight excluding hydrogens is 186 g/mol. The Morgan fingerprint density at radius 2 is 2.07 bits per heavy atom. The Morgan fingerprint density at radius 1 is 1.33 bits per heavy atom. The van der Waals surface area contributed by atoms with Gasteiger partial charge in [0.2, 0.25) is 0 Å². The molecule has 0 amide bonds. The van der Waals surface area contributed by atoms with Crippen LogP contribution in [-0.2, 0) is 0 Å². The Morgan fingerprint density at radius 3 is 2.73 bits per heavy atom. The van der Waals surface area contributed by atoms with Gasteiger partial charge in [0.1, 0.15) is 0 Å². The minimum Gasteiger partial charge on any atom is -0.294 e. The van der Waals surface area contributed by atoms with Crippen LogP contribution in [0.1, 0.15) is 28.8 Å². The lowest BCUT2D eigenvalue weighted by Crippen LogP contribution is -2.27. The highest BCUT2D eigenvalue weighted by atomic mass is 16.1. The molecule has 0 spiro atoms. The van der Waals surface area contributed by atoms with Crippen LogP contribution < -0.4 is 5.32 Å². The van der Waals surface area contributed by atoms with E-state index in [4.69, 9.17) is 0 Å². The number of carbonyl (C=O) groups is 1. The fourth-order valence-electron chi connectivity index (χ4n) is 2.05. The van der Waals surface area contributed by atoms with Gasteiger partial charge < -0.3 is 0 Å². The summed E-state index contributed by atoms with van der Waals surface area (Å²) in [4.78, 5) is 12.1. The van der Waals surface area contributed by atoms with Crippen molar-refractivity contribution < 1.29 is 4.79 Å². The van der Waals surface area contributed by atoms with Gasteiger partial charge in [-0.15, -0.1) is 0 Å². The maximum absolute atomic E-state index is 12.1. The monoisotopic (exact) mass is 202 g/mol. The summed E-state index contributed by atoms with van der Waals surface area (Å²) in [5.41, 5.74) is 2.02. The van der Waals surface area contributed by atoms with Gasteiger partial charge >= 0.3 is 0 Å². The van der Waals surface area contributed by atoms with E-state index in [-0.39, 0.29) is 5.92 Å². The molecule has 0 saturated carbocycles. The molecule has 0 bridgehead atoms. The van der Waals surface area contributed by atoms with E-state index in [1.807, 2.05) is 31.2 Å². The third-order valence-electron chi connectivity index (χ3n) is 2.94. The third kappa shape index (κ3) is 2.45. The van der Waals surface area contributed by atoms with E-state index in [1.54, 1.807) is 0 Å². The van der Waals surface area contributed by atoms with Crippen molar-refractivity contribution in [1.82, 2.24) is 5.32 Å². The second kappa shape index (κ2) is 4.58. The smallest absolute Gasteiger partial charge is 0.166 e. The summed E-state index contributed by atoms with van der Waals surface area (Å²) in [6.45, 7) is 3.72. The summed E-state index contributed by atoms with van der Waals surface area (Å²) in [6.07, 6.45) is 1.85. The molecule has 1 radical (unpaired) electrons. The lowest BCUT2D eigenvalue weighted by atomic mass is 9.89. The summed E-state index contributed by atoms with van der Waals surface area (Å²) < 4.78 is 0. The van der Waals surface area contributed by atoms with E-state index in [9.17, 15) is 4.79 Å². The normalized spacial score (nSPS) is 17.7. The molecule has 1 heterocycles. The fraction of sp³-hybridized carbons (Fsp3) is 0.462. The fourth-order valence-corrected chi connectivity index (χ4v) is 2.05. The van der Waals surface area contributed by atoms with Gasteiger partial charge in [-0.3, -0.25) is 4.79 Å². The van der Waals surface area contributed by atoms with Crippen LogP contribution in [-0.4, -0.2) is 18.9 Å². The molecule has 1 fully saturated rings. The summed E-state index contributed by atoms with van der Waals surface area (Å²) >= 11 is 0. The van der Waals surface area contributed by atoms with Gasteiger partial charge in [0, 0.05) is 24.6 Å². The molecule has 1 aliphatic rings. The van der Waals surface area contributed by atoms with E-state index in [0.717, 1.165) is 37.1 Å². The molecule has 2 rings (SSSR count). The first kappa shape index (κ1) is 10.4. The molecular formula is C13H16NO. The molecule has 2 heteroatoms. The number of carbonyl (C=O) groups excluding carboxylic acids is 1. The largest absolute Gasteiger partial charge is 0.294 e. The number of rotatable bonds is 2. The van der Waals surface area contributed by atoms with E-state index < -0.39 is 0 Å². The second-order valence-corrected chi connectivity index (χ2v) is 4.18. The Hall–Kier alpha value is -1.15. The van der Waals surface area contributed by atoms with Crippen LogP contribution in [0.2, 0.25) is 0 Å². The van der Waals surface area contributed by atoms with Gasteiger partial charge in [0.15, 0.2) is 5.78 Å². The average Bonchev–Trinajstić information content (AvgIpc) is 2.29. The van der Waals surface area contributed by atoms with Gasteiger partial charge in [-0.1, -0.05) is 23.8 Å². The zero-order chi connectivity index (χ0) is 10.7. The van der Waals surface area contributed by atoms with E-state index >= 15 is 0 Å². The summed E-state index contributed by atoms with van der Waals surface area (Å²) in [6, 6.07) is 7.87. The first-order valence-electron chi connectivity index (χ1n) is 5.51. The number of piperidine rings is 1. The Bertz CT molecular complexity index is 353. The molecule has 0 aliphatic carbocycles. The van der Waals surface area contributed by atoms with Crippen LogP contribution in [0.25, 0.3) is 0 Å². The van der Waals surface area contributed by atoms with Crippen molar-refractivity contribution in [2.24, 2.45) is 5.92 Å². The number of benzene rings is 1. The van der Waals surface area contributed by atoms with Crippen molar-refractivity contribution in [1.29, 1.82) is 0 Å². The molecule has 0 N–H and O–H groups in total. The first-order valence-corrected chi connectivity index (χ1v) is 5.51. The zero-order valence-electron chi connectivity index (χ0n) is 9.07. The lowest BCUT2D eigenvalue weighted by Gasteiger charge is -2.20. The standard InChI is InChI=1S/C13H16NO/c1-10-3-2-4-12(9-10)13(15)11-5-7-14-8-6-11/h2-4,9,11H,5-8H2,1H3. The SMILES string of the molecule is Cc1cccc(C(=O)C2CC[N]CC2)c1. The van der Waals surface area contributed by atoms with Crippen LogP contribution in [0.15, 0.2) is 24.3 Å². The van der Waals surface area contributed by atoms with Crippen LogP contribution in [0.3, 0.4) is 0 Å². The Balaban J connectivity index is 2.12. The number of aryl methyl sites for hydroxylation is 1. The predicted molar refractivity (Wildman–Crippen MR) is 60.1 cm³/mol. The minimum absolute atomic E-state index is 0.198. The van der Waals surface area contributed by atoms with Crippen LogP contribution in [0.4, 0.5) is 0 Å². The molecule has 1 saturated heterocycles. The van der Waals surface area contributed by atoms with Gasteiger partial charge in [-0.2, -0.15) is 0 Å². The van der Waals surface area contributed by atoms with Gasteiger partial charge in [0.25, 0.3) is 0 Å². The summed E-state index contributed by atoms with van der Waals surface area (Å²) in [7, 11) is 0. The number of hydrogen-bond acceptors (Lipinski definition) is 1. The molecule has 2 nitrogen and oxygen atoms in total. The van der Waals surface area contributed by atoms with Crippen LogP contribution >= 0.6 is 0 Å². The van der Waals surface area contributed by atoms with Crippen LogP contribution in [0, 0.1) is 12.8 Å². The Labute approximate surface area is 90.7 Å². The van der Waals surface area contributed by atoms with E-state index in [1.165, 1.54) is 0 Å². The molecule has 0 aromatic heterocycles. The van der Waals surface area contributed by atoms with Crippen LogP contribution in [0.5, 0.6) is 0 Å². The van der Waals surface area contributed by atoms with Crippen molar-refractivity contribution >= 4 is 5.78 Å². The maximum Gasteiger partial charge on any atom is 0.166 e.